The molecule has 0 saturated heterocycles. The summed E-state index contributed by atoms with van der Waals surface area (Å²) in [5, 5.41) is 0. The second kappa shape index (κ2) is 17.4. The minimum Gasteiger partial charge on any atom is -1.00 e. The first-order valence-electron chi connectivity index (χ1n) is 0.333. The second-order valence-corrected chi connectivity index (χ2v) is 0. The molecule has 0 bridgehead atoms. The molecule has 0 aromatic rings. The molecule has 0 aliphatic rings. The molecule has 4 heteroatoms. The van der Waals surface area contributed by atoms with Gasteiger partial charge in [0.15, 0.2) is 0 Å². The van der Waals surface area contributed by atoms with Gasteiger partial charge in [0.05, 0.1) is 7.57 Å². The van der Waals surface area contributed by atoms with Crippen molar-refractivity contribution in [2.45, 2.75) is 0 Å². The summed E-state index contributed by atoms with van der Waals surface area (Å²) in [6.07, 6.45) is 0. The normalized spacial score (nSPS) is 1.25. The molecule has 0 aliphatic heterocycles. The van der Waals surface area contributed by atoms with Crippen molar-refractivity contribution in [3.8, 4) is 0 Å². The fourth-order valence-corrected chi connectivity index (χ4v) is 0. The molecule has 20 valence electrons. The SMILES string of the molecule is [B]P.[Fe].[H-].[K+]. The molecule has 2 radical (unpaired) electrons. The van der Waals surface area contributed by atoms with Gasteiger partial charge >= 0.3 is 51.4 Å². The molecule has 0 saturated carbocycles. The zero-order chi connectivity index (χ0) is 2.00. The predicted octanol–water partition coefficient (Wildman–Crippen LogP) is -2.94. The summed E-state index contributed by atoms with van der Waals surface area (Å²) in [4.78, 5) is 0. The van der Waals surface area contributed by atoms with Gasteiger partial charge in [-0.2, -0.15) is 9.12 Å². The van der Waals surface area contributed by atoms with Crippen LogP contribution in [-0.4, -0.2) is 7.57 Å². The fourth-order valence-electron chi connectivity index (χ4n) is 0. The van der Waals surface area contributed by atoms with Crippen LogP contribution in [0.15, 0.2) is 0 Å². The average Bonchev–Trinajstić information content (AvgIpc) is 1.00. The van der Waals surface area contributed by atoms with Crippen LogP contribution < -0.4 is 51.4 Å². The maximum atomic E-state index is 4.42. The Bertz CT molecular complexity index is 11.6. The van der Waals surface area contributed by atoms with E-state index in [1.807, 2.05) is 9.12 Å². The van der Waals surface area contributed by atoms with Crippen LogP contribution in [0.1, 0.15) is 1.43 Å². The maximum absolute atomic E-state index is 4.42. The first kappa shape index (κ1) is 15.9. The number of hydrogen-bond acceptors (Lipinski definition) is 0. The first-order chi connectivity index (χ1) is 1.00. The molecule has 0 aromatic heterocycles. The van der Waals surface area contributed by atoms with Crippen molar-refractivity contribution in [3.05, 3.63) is 0 Å². The van der Waals surface area contributed by atoms with Gasteiger partial charge in [0, 0.05) is 17.1 Å². The van der Waals surface area contributed by atoms with Gasteiger partial charge in [-0.05, 0) is 0 Å². The summed E-state index contributed by atoms with van der Waals surface area (Å²) < 4.78 is 0. The largest absolute Gasteiger partial charge is 1.00 e. The van der Waals surface area contributed by atoms with Crippen molar-refractivity contribution in [1.82, 2.24) is 0 Å². The van der Waals surface area contributed by atoms with Crippen molar-refractivity contribution < 1.29 is 69.9 Å². The quantitative estimate of drug-likeness (QED) is 0.249. The van der Waals surface area contributed by atoms with E-state index in [9.17, 15) is 0 Å². The van der Waals surface area contributed by atoms with Crippen LogP contribution in [0.2, 0.25) is 0 Å². The third-order valence-electron chi connectivity index (χ3n) is 0. The van der Waals surface area contributed by atoms with Gasteiger partial charge in [0.1, 0.15) is 0 Å². The molecule has 0 N–H and O–H groups in total. The molecule has 0 amide bonds. The van der Waals surface area contributed by atoms with Gasteiger partial charge in [-0.3, -0.25) is 0 Å². The predicted molar refractivity (Wildman–Crippen MR) is 16.6 cm³/mol. The zero-order valence-corrected chi connectivity index (χ0v) is 7.89. The average molecular weight is 140 g/mol. The van der Waals surface area contributed by atoms with E-state index in [0.29, 0.717) is 0 Å². The molecule has 0 heterocycles. The van der Waals surface area contributed by atoms with Gasteiger partial charge in [-0.1, -0.05) is 0 Å². The molecule has 0 nitrogen and oxygen atoms in total. The Hall–Kier alpha value is 2.65. The maximum Gasteiger partial charge on any atom is 1.00 e. The van der Waals surface area contributed by atoms with E-state index in [-0.39, 0.29) is 69.9 Å². The first-order valence-corrected chi connectivity index (χ1v) is 1.00. The molecular formula is H3BFeKP. The Kier molecular flexibility index (Phi) is 69.3. The van der Waals surface area contributed by atoms with Crippen LogP contribution in [0.4, 0.5) is 0 Å². The smallest absolute Gasteiger partial charge is 1.00 e. The zero-order valence-electron chi connectivity index (χ0n) is 3.51. The van der Waals surface area contributed by atoms with E-state index in [0.717, 1.165) is 0 Å². The number of hydrogen-bond donors (Lipinski definition) is 0. The molecule has 0 spiro atoms. The van der Waals surface area contributed by atoms with Gasteiger partial charge in [-0.15, -0.1) is 0 Å². The van der Waals surface area contributed by atoms with E-state index >= 15 is 0 Å². The van der Waals surface area contributed by atoms with E-state index in [2.05, 4.69) is 7.57 Å². The Labute approximate surface area is 84.8 Å². The summed E-state index contributed by atoms with van der Waals surface area (Å²) in [6.45, 7) is 0. The Morgan fingerprint density at radius 2 is 1.50 bits per heavy atom. The fraction of sp³-hybridized carbons (Fsp3) is 0. The van der Waals surface area contributed by atoms with E-state index in [1.54, 1.807) is 0 Å². The van der Waals surface area contributed by atoms with Crippen molar-refractivity contribution in [3.63, 3.8) is 0 Å². The summed E-state index contributed by atoms with van der Waals surface area (Å²) >= 11 is 0. The minimum absolute atomic E-state index is 0. The van der Waals surface area contributed by atoms with Crippen LogP contribution >= 0.6 is 9.12 Å². The molecule has 0 rings (SSSR count). The van der Waals surface area contributed by atoms with E-state index in [1.165, 1.54) is 0 Å². The van der Waals surface area contributed by atoms with Crippen molar-refractivity contribution in [2.24, 2.45) is 0 Å². The van der Waals surface area contributed by atoms with Crippen LogP contribution in [0.5, 0.6) is 0 Å². The van der Waals surface area contributed by atoms with Gasteiger partial charge in [0.2, 0.25) is 0 Å². The van der Waals surface area contributed by atoms with Crippen molar-refractivity contribution >= 4 is 16.7 Å². The second-order valence-electron chi connectivity index (χ2n) is 0. The minimum atomic E-state index is 0. The standard InChI is InChI=1S/BH2P.Fe.K.H/c1-2;;;/h2H2;;;/q;;+1;-1. The topological polar surface area (TPSA) is 0 Å². The summed E-state index contributed by atoms with van der Waals surface area (Å²) in [5.41, 5.74) is 0. The third kappa shape index (κ3) is 8.82. The monoisotopic (exact) mass is 140 g/mol. The third-order valence-corrected chi connectivity index (χ3v) is 0. The van der Waals surface area contributed by atoms with Crippen LogP contribution in [0.3, 0.4) is 0 Å². The Morgan fingerprint density at radius 3 is 1.50 bits per heavy atom. The molecule has 4 heavy (non-hydrogen) atoms. The molecular weight excluding hydrogens is 137 g/mol. The Morgan fingerprint density at radius 1 is 1.50 bits per heavy atom. The van der Waals surface area contributed by atoms with Crippen molar-refractivity contribution in [2.75, 3.05) is 0 Å². The van der Waals surface area contributed by atoms with E-state index in [4.69, 9.17) is 0 Å². The molecule has 0 fully saturated rings. The van der Waals surface area contributed by atoms with Crippen LogP contribution in [0, 0.1) is 0 Å². The van der Waals surface area contributed by atoms with E-state index < -0.39 is 0 Å². The van der Waals surface area contributed by atoms with Crippen molar-refractivity contribution in [1.29, 1.82) is 0 Å². The molecule has 0 aromatic carbocycles. The molecule has 1 atom stereocenters. The molecule has 1 unspecified atom stereocenters. The Balaban J connectivity index is -0.00000000167. The summed E-state index contributed by atoms with van der Waals surface area (Å²) in [5.74, 6) is 0. The van der Waals surface area contributed by atoms with Gasteiger partial charge in [0.25, 0.3) is 0 Å². The van der Waals surface area contributed by atoms with Gasteiger partial charge < -0.3 is 1.43 Å². The van der Waals surface area contributed by atoms with Gasteiger partial charge in [-0.25, -0.2) is 0 Å². The van der Waals surface area contributed by atoms with Crippen LogP contribution in [-0.2, 0) is 17.1 Å². The van der Waals surface area contributed by atoms with Crippen LogP contribution in [0.25, 0.3) is 0 Å². The summed E-state index contributed by atoms with van der Waals surface area (Å²) in [6, 6.07) is 0. The molecule has 0 aliphatic carbocycles. The summed E-state index contributed by atoms with van der Waals surface area (Å²) in [7, 11) is 6.33. The number of rotatable bonds is 0.